The summed E-state index contributed by atoms with van der Waals surface area (Å²) in [5.74, 6) is -0.0907. The summed E-state index contributed by atoms with van der Waals surface area (Å²) >= 11 is 0. The van der Waals surface area contributed by atoms with Crippen LogP contribution >= 0.6 is 0 Å². The van der Waals surface area contributed by atoms with Crippen molar-refractivity contribution in [3.05, 3.63) is 59.4 Å². The largest absolute Gasteiger partial charge is 0.496 e. The molecule has 21 heavy (non-hydrogen) atoms. The fourth-order valence-electron chi connectivity index (χ4n) is 1.99. The molecule has 0 aromatic heterocycles. The van der Waals surface area contributed by atoms with Crippen LogP contribution in [0.15, 0.2) is 47.4 Å². The van der Waals surface area contributed by atoms with Crippen LogP contribution in [0.4, 0.5) is 4.39 Å². The predicted octanol–water partition coefficient (Wildman–Crippen LogP) is 2.27. The van der Waals surface area contributed by atoms with E-state index in [0.29, 0.717) is 17.9 Å². The summed E-state index contributed by atoms with van der Waals surface area (Å²) in [5, 5.41) is 0. The number of sulfone groups is 1. The van der Waals surface area contributed by atoms with Crippen LogP contribution in [-0.2, 0) is 22.1 Å². The van der Waals surface area contributed by atoms with Gasteiger partial charge in [-0.3, -0.25) is 0 Å². The quantitative estimate of drug-likeness (QED) is 0.860. The Morgan fingerprint density at radius 1 is 1.14 bits per heavy atom. The first-order valence-electron chi connectivity index (χ1n) is 6.30. The third-order valence-corrected chi connectivity index (χ3v) is 4.80. The van der Waals surface area contributed by atoms with E-state index in [2.05, 4.69) is 0 Å². The minimum absolute atomic E-state index is 0.0887. The van der Waals surface area contributed by atoms with Crippen molar-refractivity contribution in [2.45, 2.75) is 17.2 Å². The Balaban J connectivity index is 2.30. The number of ether oxygens (including phenoxy) is 1. The summed E-state index contributed by atoms with van der Waals surface area (Å²) in [5.41, 5.74) is 6.97. The second-order valence-electron chi connectivity index (χ2n) is 4.56. The van der Waals surface area contributed by atoms with Gasteiger partial charge < -0.3 is 10.5 Å². The molecule has 4 nitrogen and oxygen atoms in total. The monoisotopic (exact) mass is 309 g/mol. The van der Waals surface area contributed by atoms with Crippen LogP contribution in [0.5, 0.6) is 5.75 Å². The summed E-state index contributed by atoms with van der Waals surface area (Å²) in [7, 11) is -2.02. The number of methoxy groups -OCH3 is 1. The first kappa shape index (κ1) is 15.5. The highest BCUT2D eigenvalue weighted by Crippen LogP contribution is 2.23. The van der Waals surface area contributed by atoms with E-state index >= 15 is 0 Å². The van der Waals surface area contributed by atoms with E-state index in [0.717, 1.165) is 17.7 Å². The molecule has 0 heterocycles. The highest BCUT2D eigenvalue weighted by atomic mass is 32.2. The maximum atomic E-state index is 12.9. The van der Waals surface area contributed by atoms with Gasteiger partial charge in [-0.15, -0.1) is 0 Å². The first-order valence-corrected chi connectivity index (χ1v) is 7.95. The van der Waals surface area contributed by atoms with Gasteiger partial charge in [-0.2, -0.15) is 0 Å². The molecular formula is C15H16FNO3S. The molecule has 0 aliphatic heterocycles. The molecular weight excluding hydrogens is 293 g/mol. The molecule has 0 fully saturated rings. The lowest BCUT2D eigenvalue weighted by Gasteiger charge is -2.10. The number of hydrogen-bond acceptors (Lipinski definition) is 4. The zero-order valence-corrected chi connectivity index (χ0v) is 12.4. The van der Waals surface area contributed by atoms with E-state index in [1.165, 1.54) is 19.2 Å². The molecule has 0 unspecified atom stereocenters. The third-order valence-electron chi connectivity index (χ3n) is 3.10. The fraction of sp³-hybridized carbons (Fsp3) is 0.200. The van der Waals surface area contributed by atoms with Gasteiger partial charge in [-0.05, 0) is 35.9 Å². The van der Waals surface area contributed by atoms with E-state index in [1.54, 1.807) is 18.2 Å². The molecule has 112 valence electrons. The fourth-order valence-corrected chi connectivity index (χ4v) is 3.33. The summed E-state index contributed by atoms with van der Waals surface area (Å²) in [4.78, 5) is 0.0887. The maximum Gasteiger partial charge on any atom is 0.182 e. The molecule has 0 atom stereocenters. The Bertz CT molecular complexity index is 727. The Morgan fingerprint density at radius 3 is 2.38 bits per heavy atom. The zero-order chi connectivity index (χ0) is 15.5. The highest BCUT2D eigenvalue weighted by Gasteiger charge is 2.16. The summed E-state index contributed by atoms with van der Waals surface area (Å²) in [6.45, 7) is 0.314. The smallest absolute Gasteiger partial charge is 0.182 e. The van der Waals surface area contributed by atoms with Crippen LogP contribution in [0.25, 0.3) is 0 Å². The van der Waals surface area contributed by atoms with Gasteiger partial charge >= 0.3 is 0 Å². The molecule has 6 heteroatoms. The molecule has 0 saturated heterocycles. The molecule has 0 radical (unpaired) electrons. The molecule has 0 bridgehead atoms. The van der Waals surface area contributed by atoms with Gasteiger partial charge in [0.1, 0.15) is 11.6 Å². The van der Waals surface area contributed by atoms with E-state index in [4.69, 9.17) is 10.5 Å². The zero-order valence-electron chi connectivity index (χ0n) is 11.5. The highest BCUT2D eigenvalue weighted by molar-refractivity contribution is 7.90. The molecule has 2 N–H and O–H groups in total. The Morgan fingerprint density at radius 2 is 1.81 bits per heavy atom. The third kappa shape index (κ3) is 3.59. The minimum Gasteiger partial charge on any atom is -0.496 e. The topological polar surface area (TPSA) is 69.4 Å². The van der Waals surface area contributed by atoms with E-state index < -0.39 is 15.7 Å². The van der Waals surface area contributed by atoms with Crippen LogP contribution < -0.4 is 10.5 Å². The number of nitrogens with two attached hydrogens (primary N) is 1. The molecule has 0 spiro atoms. The van der Waals surface area contributed by atoms with Crippen LogP contribution in [0.3, 0.4) is 0 Å². The number of benzene rings is 2. The molecule has 2 aromatic rings. The summed E-state index contributed by atoms with van der Waals surface area (Å²) in [6, 6.07) is 9.88. The van der Waals surface area contributed by atoms with Crippen molar-refractivity contribution in [2.75, 3.05) is 7.11 Å². The van der Waals surface area contributed by atoms with Crippen LogP contribution in [0.2, 0.25) is 0 Å². The molecule has 0 saturated carbocycles. The van der Waals surface area contributed by atoms with Gasteiger partial charge in [0.2, 0.25) is 0 Å². The minimum atomic E-state index is -3.53. The van der Waals surface area contributed by atoms with E-state index in [1.807, 2.05) is 0 Å². The van der Waals surface area contributed by atoms with Gasteiger partial charge in [0, 0.05) is 12.1 Å². The SMILES string of the molecule is COc1cc(CS(=O)(=O)c2ccc(F)cc2)ccc1CN. The van der Waals surface area contributed by atoms with Crippen molar-refractivity contribution in [3.8, 4) is 5.75 Å². The second-order valence-corrected chi connectivity index (χ2v) is 6.55. The van der Waals surface area contributed by atoms with Crippen molar-refractivity contribution in [3.63, 3.8) is 0 Å². The molecule has 2 aromatic carbocycles. The van der Waals surface area contributed by atoms with E-state index in [9.17, 15) is 12.8 Å². The first-order chi connectivity index (χ1) is 9.96. The van der Waals surface area contributed by atoms with Crippen molar-refractivity contribution in [1.29, 1.82) is 0 Å². The van der Waals surface area contributed by atoms with Gasteiger partial charge in [0.15, 0.2) is 9.84 Å². The van der Waals surface area contributed by atoms with Crippen LogP contribution in [-0.4, -0.2) is 15.5 Å². The van der Waals surface area contributed by atoms with Gasteiger partial charge in [0.05, 0.1) is 17.8 Å². The average Bonchev–Trinajstić information content (AvgIpc) is 2.47. The van der Waals surface area contributed by atoms with Crippen LogP contribution in [0.1, 0.15) is 11.1 Å². The predicted molar refractivity (Wildman–Crippen MR) is 78.2 cm³/mol. The maximum absolute atomic E-state index is 12.9. The van der Waals surface area contributed by atoms with Gasteiger partial charge in [0.25, 0.3) is 0 Å². The summed E-state index contributed by atoms with van der Waals surface area (Å²) < 4.78 is 42.6. The molecule has 0 aliphatic rings. The van der Waals surface area contributed by atoms with Gasteiger partial charge in [-0.25, -0.2) is 12.8 Å². The number of halogens is 1. The van der Waals surface area contributed by atoms with Crippen LogP contribution in [0, 0.1) is 5.82 Å². The second kappa shape index (κ2) is 6.24. The van der Waals surface area contributed by atoms with Crippen molar-refractivity contribution in [1.82, 2.24) is 0 Å². The molecule has 2 rings (SSSR count). The Hall–Kier alpha value is -1.92. The average molecular weight is 309 g/mol. The standard InChI is InChI=1S/C15H16FNO3S/c1-20-15-8-11(2-3-12(15)9-17)10-21(18,19)14-6-4-13(16)5-7-14/h2-8H,9-10,17H2,1H3. The van der Waals surface area contributed by atoms with Gasteiger partial charge in [-0.1, -0.05) is 12.1 Å². The lowest BCUT2D eigenvalue weighted by molar-refractivity contribution is 0.409. The van der Waals surface area contributed by atoms with Crippen molar-refractivity contribution < 1.29 is 17.5 Å². The lowest BCUT2D eigenvalue weighted by Crippen LogP contribution is -2.06. The molecule has 0 amide bonds. The van der Waals surface area contributed by atoms with Crippen molar-refractivity contribution >= 4 is 9.84 Å². The summed E-state index contributed by atoms with van der Waals surface area (Å²) in [6.07, 6.45) is 0. The van der Waals surface area contributed by atoms with Crippen molar-refractivity contribution in [2.24, 2.45) is 5.73 Å². The Labute approximate surface area is 123 Å². The number of rotatable bonds is 5. The Kier molecular flexibility index (Phi) is 4.59. The normalized spacial score (nSPS) is 11.4. The van der Waals surface area contributed by atoms with E-state index in [-0.39, 0.29) is 10.6 Å². The number of hydrogen-bond donors (Lipinski definition) is 1. The lowest BCUT2D eigenvalue weighted by atomic mass is 10.1. The molecule has 0 aliphatic carbocycles.